The largest absolute Gasteiger partial charge is 0.506 e. The Kier molecular flexibility index (Phi) is 4.71. The van der Waals surface area contributed by atoms with Gasteiger partial charge in [-0.25, -0.2) is 9.37 Å². The molecule has 5 aromatic rings. The predicted octanol–water partition coefficient (Wildman–Crippen LogP) is 4.91. The molecule has 5 rings (SSSR count). The number of nitrogens with one attached hydrogen (secondary N) is 1. The van der Waals surface area contributed by atoms with Gasteiger partial charge in [0.1, 0.15) is 22.1 Å². The van der Waals surface area contributed by atoms with Crippen LogP contribution in [0.25, 0.3) is 31.7 Å². The van der Waals surface area contributed by atoms with Crippen LogP contribution >= 0.6 is 11.3 Å². The van der Waals surface area contributed by atoms with Gasteiger partial charge in [-0.1, -0.05) is 12.1 Å². The van der Waals surface area contributed by atoms with E-state index in [0.29, 0.717) is 22.1 Å². The summed E-state index contributed by atoms with van der Waals surface area (Å²) in [5.41, 5.74) is 1.62. The first-order valence-electron chi connectivity index (χ1n) is 9.71. The Labute approximate surface area is 185 Å². The lowest BCUT2D eigenvalue weighted by molar-refractivity contribution is 0.102. The molecule has 0 aliphatic rings. The van der Waals surface area contributed by atoms with Gasteiger partial charge < -0.3 is 15.0 Å². The van der Waals surface area contributed by atoms with Crippen molar-refractivity contribution in [3.8, 4) is 16.3 Å². The number of amides is 1. The molecule has 3 aromatic carbocycles. The molecule has 2 heterocycles. The van der Waals surface area contributed by atoms with Crippen LogP contribution < -0.4 is 10.9 Å². The number of pyridine rings is 1. The number of rotatable bonds is 3. The first kappa shape index (κ1) is 19.9. The molecule has 2 N–H and O–H groups in total. The van der Waals surface area contributed by atoms with Crippen molar-refractivity contribution in [2.75, 3.05) is 5.32 Å². The van der Waals surface area contributed by atoms with Gasteiger partial charge >= 0.3 is 0 Å². The van der Waals surface area contributed by atoms with E-state index >= 15 is 0 Å². The molecule has 0 saturated carbocycles. The minimum atomic E-state index is -0.697. The van der Waals surface area contributed by atoms with E-state index in [1.165, 1.54) is 28.0 Å². The molecular formula is C24H16FN3O3S. The monoisotopic (exact) mass is 445 g/mol. The number of fused-ring (bicyclic) bond motifs is 2. The first-order chi connectivity index (χ1) is 15.4. The predicted molar refractivity (Wildman–Crippen MR) is 124 cm³/mol. The zero-order valence-corrected chi connectivity index (χ0v) is 17.6. The van der Waals surface area contributed by atoms with Gasteiger partial charge in [0, 0.05) is 23.7 Å². The zero-order chi connectivity index (χ0) is 22.4. The lowest BCUT2D eigenvalue weighted by atomic mass is 10.1. The first-order valence-corrected chi connectivity index (χ1v) is 10.5. The quantitative estimate of drug-likeness (QED) is 0.413. The lowest BCUT2D eigenvalue weighted by Crippen LogP contribution is -2.28. The Hall–Kier alpha value is -4.04. The average molecular weight is 445 g/mol. The minimum Gasteiger partial charge on any atom is -0.506 e. The Balaban J connectivity index is 1.45. The topological polar surface area (TPSA) is 84.2 Å². The van der Waals surface area contributed by atoms with Crippen molar-refractivity contribution in [1.29, 1.82) is 0 Å². The Morgan fingerprint density at radius 1 is 1.09 bits per heavy atom. The summed E-state index contributed by atoms with van der Waals surface area (Å²) < 4.78 is 15.5. The van der Waals surface area contributed by atoms with Gasteiger partial charge in [-0.3, -0.25) is 9.59 Å². The zero-order valence-electron chi connectivity index (χ0n) is 16.8. The average Bonchev–Trinajstić information content (AvgIpc) is 3.21. The van der Waals surface area contributed by atoms with Crippen molar-refractivity contribution in [1.82, 2.24) is 9.55 Å². The SMILES string of the molecule is Cn1c(=O)c(C(=O)Nc2ccc(-c3nc4ccc(F)cc4s3)cc2)c(O)c2ccccc21. The number of nitrogens with zero attached hydrogens (tertiary/aromatic N) is 2. The molecule has 158 valence electrons. The van der Waals surface area contributed by atoms with Gasteiger partial charge in [-0.2, -0.15) is 0 Å². The number of hydrogen-bond acceptors (Lipinski definition) is 5. The number of carbonyl (C=O) groups excluding carboxylic acids is 1. The van der Waals surface area contributed by atoms with Crippen LogP contribution in [0, 0.1) is 5.82 Å². The molecule has 0 aliphatic heterocycles. The number of thiazole rings is 1. The second-order valence-corrected chi connectivity index (χ2v) is 8.30. The number of aryl methyl sites for hydroxylation is 1. The maximum atomic E-state index is 13.4. The van der Waals surface area contributed by atoms with E-state index in [1.54, 1.807) is 61.6 Å². The van der Waals surface area contributed by atoms with Crippen molar-refractivity contribution in [2.45, 2.75) is 0 Å². The normalized spacial score (nSPS) is 11.2. The maximum Gasteiger partial charge on any atom is 0.267 e. The Bertz CT molecular complexity index is 1570. The van der Waals surface area contributed by atoms with Crippen molar-refractivity contribution in [2.24, 2.45) is 7.05 Å². The summed E-state index contributed by atoms with van der Waals surface area (Å²) in [7, 11) is 1.56. The fourth-order valence-corrected chi connectivity index (χ4v) is 4.59. The summed E-state index contributed by atoms with van der Waals surface area (Å²) >= 11 is 1.37. The third kappa shape index (κ3) is 3.30. The summed E-state index contributed by atoms with van der Waals surface area (Å²) in [6.45, 7) is 0. The third-order valence-electron chi connectivity index (χ3n) is 5.24. The van der Waals surface area contributed by atoms with Crippen LogP contribution in [0.15, 0.2) is 71.5 Å². The molecule has 2 aromatic heterocycles. The van der Waals surface area contributed by atoms with Gasteiger partial charge in [0.05, 0.1) is 15.7 Å². The molecule has 0 atom stereocenters. The second kappa shape index (κ2) is 7.58. The number of carbonyl (C=O) groups is 1. The summed E-state index contributed by atoms with van der Waals surface area (Å²) in [5.74, 6) is -1.36. The fourth-order valence-electron chi connectivity index (χ4n) is 3.60. The van der Waals surface area contributed by atoms with Crippen LogP contribution in [0.4, 0.5) is 10.1 Å². The van der Waals surface area contributed by atoms with Crippen LogP contribution in [-0.4, -0.2) is 20.6 Å². The number of para-hydroxylation sites is 1. The van der Waals surface area contributed by atoms with Crippen molar-refractivity contribution < 1.29 is 14.3 Å². The number of aromatic hydroxyl groups is 1. The van der Waals surface area contributed by atoms with Crippen molar-refractivity contribution in [3.63, 3.8) is 0 Å². The van der Waals surface area contributed by atoms with Crippen LogP contribution in [0.1, 0.15) is 10.4 Å². The van der Waals surface area contributed by atoms with Crippen LogP contribution in [-0.2, 0) is 7.05 Å². The van der Waals surface area contributed by atoms with Gasteiger partial charge in [0.25, 0.3) is 11.5 Å². The summed E-state index contributed by atoms with van der Waals surface area (Å²) in [5, 5.41) is 14.4. The summed E-state index contributed by atoms with van der Waals surface area (Å²) in [6, 6.07) is 18.2. The summed E-state index contributed by atoms with van der Waals surface area (Å²) in [4.78, 5) is 30.0. The molecule has 32 heavy (non-hydrogen) atoms. The van der Waals surface area contributed by atoms with E-state index in [-0.39, 0.29) is 17.1 Å². The Morgan fingerprint density at radius 2 is 1.84 bits per heavy atom. The van der Waals surface area contributed by atoms with Crippen molar-refractivity contribution >= 4 is 44.1 Å². The highest BCUT2D eigenvalue weighted by Crippen LogP contribution is 2.31. The van der Waals surface area contributed by atoms with Gasteiger partial charge in [0.2, 0.25) is 0 Å². The lowest BCUT2D eigenvalue weighted by Gasteiger charge is -2.12. The van der Waals surface area contributed by atoms with Gasteiger partial charge in [-0.05, 0) is 54.6 Å². The second-order valence-electron chi connectivity index (χ2n) is 7.27. The molecular weight excluding hydrogens is 429 g/mol. The number of anilines is 1. The van der Waals surface area contributed by atoms with Crippen LogP contribution in [0.5, 0.6) is 5.75 Å². The molecule has 0 bridgehead atoms. The number of aromatic nitrogens is 2. The molecule has 6 nitrogen and oxygen atoms in total. The highest BCUT2D eigenvalue weighted by atomic mass is 32.1. The summed E-state index contributed by atoms with van der Waals surface area (Å²) in [6.07, 6.45) is 0. The van der Waals surface area contributed by atoms with E-state index in [1.807, 2.05) is 0 Å². The van der Waals surface area contributed by atoms with E-state index in [4.69, 9.17) is 0 Å². The van der Waals surface area contributed by atoms with Crippen LogP contribution in [0.3, 0.4) is 0 Å². The number of halogens is 1. The highest BCUT2D eigenvalue weighted by molar-refractivity contribution is 7.21. The molecule has 0 radical (unpaired) electrons. The van der Waals surface area contributed by atoms with E-state index < -0.39 is 11.5 Å². The minimum absolute atomic E-state index is 0.311. The highest BCUT2D eigenvalue weighted by Gasteiger charge is 2.21. The molecule has 1 amide bonds. The van der Waals surface area contributed by atoms with Gasteiger partial charge in [0.15, 0.2) is 0 Å². The van der Waals surface area contributed by atoms with Gasteiger partial charge in [-0.15, -0.1) is 11.3 Å². The van der Waals surface area contributed by atoms with E-state index in [9.17, 15) is 19.1 Å². The number of hydrogen-bond donors (Lipinski definition) is 2. The molecule has 0 fully saturated rings. The van der Waals surface area contributed by atoms with E-state index in [0.717, 1.165) is 15.3 Å². The van der Waals surface area contributed by atoms with E-state index in [2.05, 4.69) is 10.3 Å². The fraction of sp³-hybridized carbons (Fsp3) is 0.0417. The molecule has 0 unspecified atom stereocenters. The smallest absolute Gasteiger partial charge is 0.267 e. The molecule has 0 saturated heterocycles. The van der Waals surface area contributed by atoms with Crippen LogP contribution in [0.2, 0.25) is 0 Å². The Morgan fingerprint density at radius 3 is 2.62 bits per heavy atom. The third-order valence-corrected chi connectivity index (χ3v) is 6.31. The molecule has 0 aliphatic carbocycles. The maximum absolute atomic E-state index is 13.4. The standard InChI is InChI=1S/C24H16FN3O3S/c1-28-18-5-3-2-4-16(18)21(29)20(24(28)31)22(30)26-15-9-6-13(7-10-15)23-27-17-11-8-14(25)12-19(17)32-23/h2-12,29H,1H3,(H,26,30). The number of benzene rings is 3. The molecule has 8 heteroatoms. The van der Waals surface area contributed by atoms with Crippen molar-refractivity contribution in [3.05, 3.63) is 88.5 Å². The molecule has 0 spiro atoms.